The molecule has 6 heteroatoms. The van der Waals surface area contributed by atoms with Gasteiger partial charge in [-0.25, -0.2) is 9.18 Å². The summed E-state index contributed by atoms with van der Waals surface area (Å²) in [5.41, 5.74) is 1.09. The van der Waals surface area contributed by atoms with Gasteiger partial charge >= 0.3 is 5.97 Å². The Hall–Kier alpha value is -3.67. The minimum Gasteiger partial charge on any atom is -0.465 e. The van der Waals surface area contributed by atoms with Crippen molar-refractivity contribution in [3.63, 3.8) is 0 Å². The molecule has 1 aliphatic heterocycles. The molecule has 3 aromatic rings. The fraction of sp³-hybridized carbons (Fsp3) is 0.0476. The Labute approximate surface area is 153 Å². The van der Waals surface area contributed by atoms with Crippen LogP contribution in [0.25, 0.3) is 6.08 Å². The average Bonchev–Trinajstić information content (AvgIpc) is 3.24. The molecule has 2 aromatic carbocycles. The van der Waals surface area contributed by atoms with Crippen molar-refractivity contribution in [2.45, 2.75) is 6.92 Å². The molecule has 0 unspecified atom stereocenters. The molecule has 5 nitrogen and oxygen atoms in total. The summed E-state index contributed by atoms with van der Waals surface area (Å²) in [5.74, 6) is -0.409. The molecule has 0 fully saturated rings. The van der Waals surface area contributed by atoms with E-state index in [2.05, 4.69) is 0 Å². The lowest BCUT2D eigenvalue weighted by Gasteiger charge is -2.08. The number of ether oxygens (including phenoxy) is 2. The highest BCUT2D eigenvalue weighted by molar-refractivity contribution is 6.15. The van der Waals surface area contributed by atoms with E-state index >= 15 is 0 Å². The molecule has 1 aromatic heterocycles. The zero-order chi connectivity index (χ0) is 19.0. The summed E-state index contributed by atoms with van der Waals surface area (Å²) in [6, 6.07) is 11.6. The van der Waals surface area contributed by atoms with E-state index in [9.17, 15) is 14.0 Å². The molecule has 0 N–H and O–H groups in total. The number of hydrogen-bond donors (Lipinski definition) is 0. The Bertz CT molecular complexity index is 1080. The second-order valence-electron chi connectivity index (χ2n) is 5.97. The number of hydrogen-bond acceptors (Lipinski definition) is 5. The fourth-order valence-electron chi connectivity index (χ4n) is 2.82. The van der Waals surface area contributed by atoms with Gasteiger partial charge in [0, 0.05) is 12.1 Å². The summed E-state index contributed by atoms with van der Waals surface area (Å²) >= 11 is 0. The SMILES string of the molecule is Cc1cc(OC(=O)c2cccc(F)c2)cc2c1C(=O)/C(=C/c1ccco1)O2. The molecular weight excluding hydrogens is 351 g/mol. The van der Waals surface area contributed by atoms with Gasteiger partial charge in [0.05, 0.1) is 17.4 Å². The van der Waals surface area contributed by atoms with Crippen LogP contribution in [0.3, 0.4) is 0 Å². The molecule has 0 radical (unpaired) electrons. The lowest BCUT2D eigenvalue weighted by atomic mass is 10.0. The Morgan fingerprint density at radius 1 is 1.15 bits per heavy atom. The van der Waals surface area contributed by atoms with E-state index in [-0.39, 0.29) is 22.9 Å². The van der Waals surface area contributed by atoms with E-state index in [0.29, 0.717) is 22.6 Å². The van der Waals surface area contributed by atoms with Crippen LogP contribution >= 0.6 is 0 Å². The summed E-state index contributed by atoms with van der Waals surface area (Å²) in [6.45, 7) is 1.72. The maximum Gasteiger partial charge on any atom is 0.343 e. The topological polar surface area (TPSA) is 65.7 Å². The van der Waals surface area contributed by atoms with Gasteiger partial charge in [-0.05, 0) is 48.9 Å². The first kappa shape index (κ1) is 16.8. The second kappa shape index (κ2) is 6.57. The molecular formula is C21H13FO5. The minimum absolute atomic E-state index is 0.0866. The lowest BCUT2D eigenvalue weighted by molar-refractivity contribution is 0.0734. The maximum atomic E-state index is 13.3. The van der Waals surface area contributed by atoms with Crippen molar-refractivity contribution in [1.29, 1.82) is 0 Å². The van der Waals surface area contributed by atoms with E-state index in [1.807, 2.05) is 0 Å². The van der Waals surface area contributed by atoms with Crippen LogP contribution in [0.5, 0.6) is 11.5 Å². The summed E-state index contributed by atoms with van der Waals surface area (Å²) < 4.78 is 29.4. The molecule has 0 spiro atoms. The summed E-state index contributed by atoms with van der Waals surface area (Å²) in [5, 5.41) is 0. The van der Waals surface area contributed by atoms with E-state index in [0.717, 1.165) is 6.07 Å². The van der Waals surface area contributed by atoms with Crippen LogP contribution in [-0.4, -0.2) is 11.8 Å². The number of aryl methyl sites for hydroxylation is 1. The average molecular weight is 364 g/mol. The number of benzene rings is 2. The largest absolute Gasteiger partial charge is 0.465 e. The van der Waals surface area contributed by atoms with Gasteiger partial charge in [0.15, 0.2) is 5.76 Å². The highest BCUT2D eigenvalue weighted by atomic mass is 19.1. The number of ketones is 1. The molecule has 0 bridgehead atoms. The number of esters is 1. The Morgan fingerprint density at radius 3 is 2.74 bits per heavy atom. The van der Waals surface area contributed by atoms with Gasteiger partial charge in [-0.15, -0.1) is 0 Å². The van der Waals surface area contributed by atoms with Crippen molar-refractivity contribution < 1.29 is 27.9 Å². The summed E-state index contributed by atoms with van der Waals surface area (Å²) in [6.07, 6.45) is 2.99. The molecule has 2 heterocycles. The number of allylic oxidation sites excluding steroid dienone is 1. The van der Waals surface area contributed by atoms with E-state index in [4.69, 9.17) is 13.9 Å². The van der Waals surface area contributed by atoms with Crippen LogP contribution in [0.1, 0.15) is 32.0 Å². The third kappa shape index (κ3) is 3.25. The predicted molar refractivity (Wildman–Crippen MR) is 94.2 cm³/mol. The van der Waals surface area contributed by atoms with Gasteiger partial charge in [-0.3, -0.25) is 4.79 Å². The van der Waals surface area contributed by atoms with Gasteiger partial charge in [0.1, 0.15) is 23.1 Å². The first-order chi connectivity index (χ1) is 13.0. The van der Waals surface area contributed by atoms with Crippen LogP contribution in [0.2, 0.25) is 0 Å². The molecule has 4 rings (SSSR count). The standard InChI is InChI=1S/C21H13FO5/c1-12-8-16(26-21(24)13-4-2-5-14(22)9-13)11-17-19(12)20(23)18(27-17)10-15-6-3-7-25-15/h2-11H,1H3/b18-10-. The number of fused-ring (bicyclic) bond motifs is 1. The van der Waals surface area contributed by atoms with Crippen LogP contribution < -0.4 is 9.47 Å². The van der Waals surface area contributed by atoms with E-state index in [1.54, 1.807) is 25.1 Å². The predicted octanol–water partition coefficient (Wildman–Crippen LogP) is 4.56. The fourth-order valence-corrected chi connectivity index (χ4v) is 2.82. The molecule has 0 saturated carbocycles. The summed E-state index contributed by atoms with van der Waals surface area (Å²) in [7, 11) is 0. The molecule has 0 atom stereocenters. The van der Waals surface area contributed by atoms with Gasteiger partial charge in [0.2, 0.25) is 5.78 Å². The molecule has 1 aliphatic rings. The quantitative estimate of drug-likeness (QED) is 0.387. The van der Waals surface area contributed by atoms with Crippen LogP contribution in [0.4, 0.5) is 4.39 Å². The number of carbonyl (C=O) groups is 2. The number of Topliss-reactive ketones (excluding diaryl/α,β-unsaturated/α-hetero) is 1. The third-order valence-corrected chi connectivity index (χ3v) is 4.03. The first-order valence-corrected chi connectivity index (χ1v) is 8.11. The normalized spacial score (nSPS) is 14.1. The molecule has 134 valence electrons. The monoisotopic (exact) mass is 364 g/mol. The zero-order valence-corrected chi connectivity index (χ0v) is 14.2. The van der Waals surface area contributed by atoms with Gasteiger partial charge < -0.3 is 13.9 Å². The van der Waals surface area contributed by atoms with Crippen molar-refractivity contribution in [2.75, 3.05) is 0 Å². The number of furan rings is 1. The first-order valence-electron chi connectivity index (χ1n) is 8.11. The molecule has 27 heavy (non-hydrogen) atoms. The van der Waals surface area contributed by atoms with Crippen molar-refractivity contribution >= 4 is 17.8 Å². The van der Waals surface area contributed by atoms with Crippen molar-refractivity contribution in [3.05, 3.63) is 88.8 Å². The van der Waals surface area contributed by atoms with E-state index in [1.165, 1.54) is 36.6 Å². The maximum absolute atomic E-state index is 13.3. The lowest BCUT2D eigenvalue weighted by Crippen LogP contribution is -2.09. The van der Waals surface area contributed by atoms with Gasteiger partial charge in [-0.1, -0.05) is 6.07 Å². The molecule has 0 amide bonds. The summed E-state index contributed by atoms with van der Waals surface area (Å²) in [4.78, 5) is 24.7. The number of rotatable bonds is 3. The van der Waals surface area contributed by atoms with Crippen LogP contribution in [-0.2, 0) is 0 Å². The zero-order valence-electron chi connectivity index (χ0n) is 14.2. The van der Waals surface area contributed by atoms with Crippen molar-refractivity contribution in [3.8, 4) is 11.5 Å². The van der Waals surface area contributed by atoms with Gasteiger partial charge in [-0.2, -0.15) is 0 Å². The highest BCUT2D eigenvalue weighted by Gasteiger charge is 2.30. The molecule has 0 aliphatic carbocycles. The van der Waals surface area contributed by atoms with Gasteiger partial charge in [0.25, 0.3) is 0 Å². The van der Waals surface area contributed by atoms with Crippen molar-refractivity contribution in [2.24, 2.45) is 0 Å². The third-order valence-electron chi connectivity index (χ3n) is 4.03. The van der Waals surface area contributed by atoms with E-state index < -0.39 is 11.8 Å². The molecule has 0 saturated heterocycles. The highest BCUT2D eigenvalue weighted by Crippen LogP contribution is 2.37. The Kier molecular flexibility index (Phi) is 4.08. The second-order valence-corrected chi connectivity index (χ2v) is 5.97. The van der Waals surface area contributed by atoms with Crippen LogP contribution in [0.15, 0.2) is 65.0 Å². The smallest absolute Gasteiger partial charge is 0.343 e. The number of carbonyl (C=O) groups excluding carboxylic acids is 2. The Balaban J connectivity index is 1.62. The minimum atomic E-state index is -0.704. The Morgan fingerprint density at radius 2 is 2.00 bits per heavy atom. The number of halogens is 1. The van der Waals surface area contributed by atoms with Crippen molar-refractivity contribution in [1.82, 2.24) is 0 Å². The van der Waals surface area contributed by atoms with Crippen LogP contribution in [0, 0.1) is 12.7 Å².